The van der Waals surface area contributed by atoms with Gasteiger partial charge in [0.1, 0.15) is 0 Å². The second-order valence-electron chi connectivity index (χ2n) is 12.7. The van der Waals surface area contributed by atoms with Crippen LogP contribution in [0.3, 0.4) is 0 Å². The number of nitrogens with zero attached hydrogens (tertiary/aromatic N) is 3. The van der Waals surface area contributed by atoms with Gasteiger partial charge in [0.15, 0.2) is 5.82 Å². The van der Waals surface area contributed by atoms with Crippen LogP contribution in [0.5, 0.6) is 0 Å². The summed E-state index contributed by atoms with van der Waals surface area (Å²) in [6.07, 6.45) is 0. The van der Waals surface area contributed by atoms with Gasteiger partial charge in [0, 0.05) is 32.3 Å². The molecule has 0 aliphatic rings. The molecule has 0 saturated heterocycles. The van der Waals surface area contributed by atoms with Crippen LogP contribution in [-0.4, -0.2) is 14.5 Å². The highest BCUT2D eigenvalue weighted by Gasteiger charge is 2.15. The van der Waals surface area contributed by atoms with Crippen LogP contribution in [-0.2, 0) is 0 Å². The Bertz CT molecular complexity index is 2780. The van der Waals surface area contributed by atoms with E-state index in [1.54, 1.807) is 11.3 Å². The Morgan fingerprint density at radius 3 is 1.74 bits per heavy atom. The van der Waals surface area contributed by atoms with E-state index in [0.29, 0.717) is 5.82 Å². The second kappa shape index (κ2) is 11.7. The Hall–Kier alpha value is -6.36. The Balaban J connectivity index is 1.09. The van der Waals surface area contributed by atoms with Gasteiger partial charge in [0.2, 0.25) is 0 Å². The fraction of sp³-hybridized carbons (Fsp3) is 0. The summed E-state index contributed by atoms with van der Waals surface area (Å²) in [5, 5.41) is 6.12. The zero-order chi connectivity index (χ0) is 33.0. The minimum Gasteiger partial charge on any atom is -0.309 e. The molecule has 50 heavy (non-hydrogen) atoms. The smallest absolute Gasteiger partial charge is 0.160 e. The lowest BCUT2D eigenvalue weighted by atomic mass is 9.99. The minimum absolute atomic E-state index is 0.711. The van der Waals surface area contributed by atoms with Crippen molar-refractivity contribution >= 4 is 54.0 Å². The molecular formula is C46H29N3S. The van der Waals surface area contributed by atoms with Crippen molar-refractivity contribution in [2.75, 3.05) is 0 Å². The number of fused-ring (bicyclic) bond motifs is 5. The summed E-state index contributed by atoms with van der Waals surface area (Å²) in [4.78, 5) is 11.5. The second-order valence-corrected chi connectivity index (χ2v) is 13.8. The van der Waals surface area contributed by atoms with Gasteiger partial charge >= 0.3 is 0 Å². The molecule has 234 valence electrons. The molecule has 10 aromatic rings. The van der Waals surface area contributed by atoms with Crippen LogP contribution in [0.1, 0.15) is 0 Å². The van der Waals surface area contributed by atoms with Gasteiger partial charge in [-0.25, -0.2) is 9.97 Å². The van der Waals surface area contributed by atoms with Crippen molar-refractivity contribution < 1.29 is 0 Å². The predicted molar refractivity (Wildman–Crippen MR) is 211 cm³/mol. The summed E-state index contributed by atoms with van der Waals surface area (Å²) in [5.74, 6) is 0.711. The average molecular weight is 656 g/mol. The number of hydrogen-bond acceptors (Lipinski definition) is 3. The molecule has 0 atom stereocenters. The van der Waals surface area contributed by atoms with Crippen molar-refractivity contribution in [2.45, 2.75) is 0 Å². The van der Waals surface area contributed by atoms with E-state index < -0.39 is 0 Å². The number of benzene rings is 7. The van der Waals surface area contributed by atoms with Gasteiger partial charge < -0.3 is 4.57 Å². The van der Waals surface area contributed by atoms with Crippen LogP contribution in [0.25, 0.3) is 92.7 Å². The highest BCUT2D eigenvalue weighted by Crippen LogP contribution is 2.37. The molecule has 0 saturated carbocycles. The molecule has 3 aromatic heterocycles. The fourth-order valence-electron chi connectivity index (χ4n) is 7.13. The number of aromatic nitrogens is 3. The van der Waals surface area contributed by atoms with Gasteiger partial charge in [-0.1, -0.05) is 109 Å². The SMILES string of the molecule is c1ccc(-c2ccc3cc(-c4cc(-c5cc6ccccc6s5)nc(-c5ccc(-n6c7ccccc7c7ccccc76)cc5)n4)ccc3c2)cc1. The monoisotopic (exact) mass is 655 g/mol. The molecule has 3 heterocycles. The third kappa shape index (κ3) is 4.89. The largest absolute Gasteiger partial charge is 0.309 e. The van der Waals surface area contributed by atoms with Gasteiger partial charge in [-0.2, -0.15) is 0 Å². The lowest BCUT2D eigenvalue weighted by Crippen LogP contribution is -1.97. The summed E-state index contributed by atoms with van der Waals surface area (Å²) >= 11 is 1.77. The third-order valence-electron chi connectivity index (χ3n) is 9.61. The first-order chi connectivity index (χ1) is 24.7. The number of hydrogen-bond donors (Lipinski definition) is 0. The molecule has 0 amide bonds. The number of para-hydroxylation sites is 2. The molecule has 0 aliphatic carbocycles. The quantitative estimate of drug-likeness (QED) is 0.185. The maximum atomic E-state index is 5.20. The van der Waals surface area contributed by atoms with E-state index in [4.69, 9.17) is 9.97 Å². The normalized spacial score (nSPS) is 11.6. The van der Waals surface area contributed by atoms with Gasteiger partial charge in [-0.05, 0) is 94.0 Å². The van der Waals surface area contributed by atoms with Gasteiger partial charge in [0.25, 0.3) is 0 Å². The van der Waals surface area contributed by atoms with E-state index in [-0.39, 0.29) is 0 Å². The first kappa shape index (κ1) is 28.6. The topological polar surface area (TPSA) is 30.7 Å². The summed E-state index contributed by atoms with van der Waals surface area (Å²) in [6, 6.07) is 62.6. The lowest BCUT2D eigenvalue weighted by Gasteiger charge is -2.11. The van der Waals surface area contributed by atoms with E-state index in [9.17, 15) is 0 Å². The Morgan fingerprint density at radius 1 is 0.400 bits per heavy atom. The van der Waals surface area contributed by atoms with E-state index in [1.165, 1.54) is 53.8 Å². The molecule has 0 fully saturated rings. The maximum absolute atomic E-state index is 5.20. The number of rotatable bonds is 5. The summed E-state index contributed by atoms with van der Waals surface area (Å²) < 4.78 is 3.59. The van der Waals surface area contributed by atoms with Crippen LogP contribution < -0.4 is 0 Å². The third-order valence-corrected chi connectivity index (χ3v) is 10.7. The average Bonchev–Trinajstić information content (AvgIpc) is 3.78. The van der Waals surface area contributed by atoms with Gasteiger partial charge in [-0.3, -0.25) is 0 Å². The predicted octanol–water partition coefficient (Wildman–Crippen LogP) is 12.6. The Kier molecular flexibility index (Phi) is 6.68. The number of thiophene rings is 1. The van der Waals surface area contributed by atoms with E-state index in [0.717, 1.165) is 33.1 Å². The van der Waals surface area contributed by atoms with Crippen LogP contribution in [0.2, 0.25) is 0 Å². The molecule has 7 aromatic carbocycles. The van der Waals surface area contributed by atoms with E-state index >= 15 is 0 Å². The van der Waals surface area contributed by atoms with Crippen LogP contribution >= 0.6 is 11.3 Å². The highest BCUT2D eigenvalue weighted by atomic mass is 32.1. The maximum Gasteiger partial charge on any atom is 0.160 e. The van der Waals surface area contributed by atoms with E-state index in [1.807, 2.05) is 0 Å². The van der Waals surface area contributed by atoms with Crippen molar-refractivity contribution in [3.8, 4) is 50.0 Å². The van der Waals surface area contributed by atoms with Crippen LogP contribution in [0.4, 0.5) is 0 Å². The van der Waals surface area contributed by atoms with Crippen molar-refractivity contribution in [3.63, 3.8) is 0 Å². The zero-order valence-corrected chi connectivity index (χ0v) is 27.8. The molecule has 0 bridgehead atoms. The molecule has 0 spiro atoms. The molecule has 0 N–H and O–H groups in total. The molecule has 0 radical (unpaired) electrons. The minimum atomic E-state index is 0.711. The van der Waals surface area contributed by atoms with E-state index in [2.05, 4.69) is 180 Å². The summed E-state index contributed by atoms with van der Waals surface area (Å²) in [6.45, 7) is 0. The van der Waals surface area contributed by atoms with Crippen molar-refractivity contribution in [1.82, 2.24) is 14.5 Å². The van der Waals surface area contributed by atoms with Gasteiger partial charge in [0.05, 0.1) is 27.3 Å². The van der Waals surface area contributed by atoms with Gasteiger partial charge in [-0.15, -0.1) is 11.3 Å². The molecule has 4 heteroatoms. The summed E-state index contributed by atoms with van der Waals surface area (Å²) in [7, 11) is 0. The lowest BCUT2D eigenvalue weighted by molar-refractivity contribution is 1.17. The first-order valence-electron chi connectivity index (χ1n) is 16.8. The van der Waals surface area contributed by atoms with Crippen molar-refractivity contribution in [3.05, 3.63) is 176 Å². The Labute approximate surface area is 293 Å². The molecule has 10 rings (SSSR count). The van der Waals surface area contributed by atoms with Crippen LogP contribution in [0.15, 0.2) is 176 Å². The first-order valence-corrected chi connectivity index (χ1v) is 17.6. The Morgan fingerprint density at radius 2 is 1.00 bits per heavy atom. The van der Waals surface area contributed by atoms with Crippen LogP contribution in [0, 0.1) is 0 Å². The standard InChI is InChI=1S/C46H29N3S/c1-2-10-30(11-3-1)32-18-19-34-27-35(21-20-33(34)26-32)40-29-41(45-28-36-12-4-9-17-44(36)50-45)48-46(47-40)31-22-24-37(25-23-31)49-42-15-7-5-13-38(42)39-14-6-8-16-43(39)49/h1-29H. The fourth-order valence-corrected chi connectivity index (χ4v) is 8.16. The molecule has 0 aliphatic heterocycles. The molecule has 0 unspecified atom stereocenters. The van der Waals surface area contributed by atoms with Crippen molar-refractivity contribution in [1.29, 1.82) is 0 Å². The molecule has 3 nitrogen and oxygen atoms in total. The highest BCUT2D eigenvalue weighted by molar-refractivity contribution is 7.22. The molecular weight excluding hydrogens is 627 g/mol. The zero-order valence-electron chi connectivity index (χ0n) is 27.0. The van der Waals surface area contributed by atoms with Crippen molar-refractivity contribution in [2.24, 2.45) is 0 Å². The summed E-state index contributed by atoms with van der Waals surface area (Å²) in [5.41, 5.74) is 9.81.